The summed E-state index contributed by atoms with van der Waals surface area (Å²) < 4.78 is 39.9. The van der Waals surface area contributed by atoms with Crippen molar-refractivity contribution >= 4 is 10.0 Å². The molecule has 0 aliphatic rings. The monoisotopic (exact) mass is 300 g/mol. The molecule has 112 valence electrons. The van der Waals surface area contributed by atoms with Crippen LogP contribution >= 0.6 is 0 Å². The number of nitrogens with one attached hydrogen (secondary N) is 1. The fourth-order valence-electron chi connectivity index (χ4n) is 1.79. The molecular formula is C14H21FN2O2S. The first kappa shape index (κ1) is 16.8. The summed E-state index contributed by atoms with van der Waals surface area (Å²) >= 11 is 0. The Morgan fingerprint density at radius 2 is 2.10 bits per heavy atom. The molecule has 0 heterocycles. The van der Waals surface area contributed by atoms with Gasteiger partial charge in [0.25, 0.3) is 0 Å². The summed E-state index contributed by atoms with van der Waals surface area (Å²) in [6.45, 7) is 8.26. The van der Waals surface area contributed by atoms with E-state index >= 15 is 0 Å². The zero-order chi connectivity index (χ0) is 15.3. The van der Waals surface area contributed by atoms with E-state index in [1.165, 1.54) is 32.2 Å². The molecule has 1 aromatic rings. The molecule has 0 amide bonds. The van der Waals surface area contributed by atoms with Crippen molar-refractivity contribution in [2.45, 2.75) is 25.3 Å². The van der Waals surface area contributed by atoms with Crippen molar-refractivity contribution in [3.8, 4) is 0 Å². The van der Waals surface area contributed by atoms with Crippen LogP contribution in [0.15, 0.2) is 29.7 Å². The molecule has 1 N–H and O–H groups in total. The van der Waals surface area contributed by atoms with Crippen LogP contribution < -0.4 is 5.32 Å². The fraction of sp³-hybridized carbons (Fsp3) is 0.429. The van der Waals surface area contributed by atoms with E-state index in [-0.39, 0.29) is 17.0 Å². The topological polar surface area (TPSA) is 49.4 Å². The van der Waals surface area contributed by atoms with E-state index < -0.39 is 15.8 Å². The Hall–Kier alpha value is -1.24. The molecular weight excluding hydrogens is 279 g/mol. The number of halogens is 1. The van der Waals surface area contributed by atoms with Crippen LogP contribution in [0, 0.1) is 12.7 Å². The van der Waals surface area contributed by atoms with Crippen LogP contribution in [0.5, 0.6) is 0 Å². The minimum Gasteiger partial charge on any atom is -0.313 e. The van der Waals surface area contributed by atoms with Crippen LogP contribution in [0.1, 0.15) is 18.1 Å². The zero-order valence-electron chi connectivity index (χ0n) is 12.1. The molecule has 0 saturated heterocycles. The highest BCUT2D eigenvalue weighted by atomic mass is 32.2. The predicted octanol–water partition coefficient (Wildman–Crippen LogP) is 2.05. The second kappa shape index (κ2) is 6.97. The molecule has 20 heavy (non-hydrogen) atoms. The standard InChI is InChI=1S/C14H21FN2O2S/c1-5-7-17(4)20(18,19)14-9-12(10-16-6-2)8-13(15)11(14)3/h5,8-9,16H,1,6-7,10H2,2-4H3. The maximum absolute atomic E-state index is 13.9. The maximum atomic E-state index is 13.9. The maximum Gasteiger partial charge on any atom is 0.243 e. The van der Waals surface area contributed by atoms with E-state index in [4.69, 9.17) is 0 Å². The molecule has 6 heteroatoms. The van der Waals surface area contributed by atoms with E-state index in [1.807, 2.05) is 6.92 Å². The van der Waals surface area contributed by atoms with Crippen molar-refractivity contribution in [1.29, 1.82) is 0 Å². The summed E-state index contributed by atoms with van der Waals surface area (Å²) in [6, 6.07) is 2.89. The largest absolute Gasteiger partial charge is 0.313 e. The molecule has 0 unspecified atom stereocenters. The summed E-state index contributed by atoms with van der Waals surface area (Å²) in [5.41, 5.74) is 0.752. The molecule has 0 aliphatic heterocycles. The zero-order valence-corrected chi connectivity index (χ0v) is 12.9. The number of benzene rings is 1. The van der Waals surface area contributed by atoms with Gasteiger partial charge in [-0.25, -0.2) is 12.8 Å². The number of nitrogens with zero attached hydrogens (tertiary/aromatic N) is 1. The summed E-state index contributed by atoms with van der Waals surface area (Å²) in [5, 5.41) is 3.05. The highest BCUT2D eigenvalue weighted by Crippen LogP contribution is 2.23. The summed E-state index contributed by atoms with van der Waals surface area (Å²) in [4.78, 5) is 0.00903. The third kappa shape index (κ3) is 3.65. The van der Waals surface area contributed by atoms with Gasteiger partial charge in [-0.2, -0.15) is 4.31 Å². The molecule has 1 aromatic carbocycles. The Morgan fingerprint density at radius 3 is 2.65 bits per heavy atom. The number of hydrogen-bond acceptors (Lipinski definition) is 3. The molecule has 0 aromatic heterocycles. The first-order valence-electron chi connectivity index (χ1n) is 6.41. The van der Waals surface area contributed by atoms with Crippen molar-refractivity contribution < 1.29 is 12.8 Å². The minimum absolute atomic E-state index is 0.00903. The van der Waals surface area contributed by atoms with Crippen molar-refractivity contribution in [2.24, 2.45) is 0 Å². The average molecular weight is 300 g/mol. The van der Waals surface area contributed by atoms with E-state index in [2.05, 4.69) is 11.9 Å². The normalized spacial score (nSPS) is 11.8. The lowest BCUT2D eigenvalue weighted by molar-refractivity contribution is 0.496. The number of sulfonamides is 1. The Morgan fingerprint density at radius 1 is 1.45 bits per heavy atom. The van der Waals surface area contributed by atoms with Gasteiger partial charge in [-0.05, 0) is 31.2 Å². The lowest BCUT2D eigenvalue weighted by atomic mass is 10.1. The van der Waals surface area contributed by atoms with Crippen LogP contribution in [-0.2, 0) is 16.6 Å². The van der Waals surface area contributed by atoms with Crippen LogP contribution in [0.4, 0.5) is 4.39 Å². The molecule has 0 fully saturated rings. The molecule has 0 atom stereocenters. The van der Waals surface area contributed by atoms with Crippen molar-refractivity contribution in [1.82, 2.24) is 9.62 Å². The van der Waals surface area contributed by atoms with Gasteiger partial charge >= 0.3 is 0 Å². The second-order valence-corrected chi connectivity index (χ2v) is 6.57. The van der Waals surface area contributed by atoms with Crippen molar-refractivity contribution in [3.63, 3.8) is 0 Å². The first-order chi connectivity index (χ1) is 9.34. The van der Waals surface area contributed by atoms with E-state index in [0.717, 1.165) is 10.8 Å². The molecule has 1 rings (SSSR count). The Balaban J connectivity index is 3.28. The number of hydrogen-bond donors (Lipinski definition) is 1. The first-order valence-corrected chi connectivity index (χ1v) is 7.85. The van der Waals surface area contributed by atoms with Crippen LogP contribution in [0.3, 0.4) is 0 Å². The van der Waals surface area contributed by atoms with E-state index in [9.17, 15) is 12.8 Å². The third-order valence-electron chi connectivity index (χ3n) is 3.01. The second-order valence-electron chi connectivity index (χ2n) is 4.56. The lowest BCUT2D eigenvalue weighted by Crippen LogP contribution is -2.28. The quantitative estimate of drug-likeness (QED) is 0.784. The van der Waals surface area contributed by atoms with Gasteiger partial charge in [0.1, 0.15) is 5.82 Å². The van der Waals surface area contributed by atoms with Gasteiger partial charge in [-0.15, -0.1) is 6.58 Å². The molecule has 4 nitrogen and oxygen atoms in total. The smallest absolute Gasteiger partial charge is 0.243 e. The highest BCUT2D eigenvalue weighted by Gasteiger charge is 2.24. The summed E-state index contributed by atoms with van der Waals surface area (Å²) in [6.07, 6.45) is 1.49. The van der Waals surface area contributed by atoms with Gasteiger partial charge in [-0.1, -0.05) is 13.0 Å². The Bertz CT molecular complexity index is 585. The van der Waals surface area contributed by atoms with E-state index in [1.54, 1.807) is 0 Å². The van der Waals surface area contributed by atoms with Crippen molar-refractivity contribution in [3.05, 3.63) is 41.7 Å². The van der Waals surface area contributed by atoms with Crippen LogP contribution in [-0.4, -0.2) is 32.9 Å². The van der Waals surface area contributed by atoms with Gasteiger partial charge in [0.15, 0.2) is 0 Å². The van der Waals surface area contributed by atoms with E-state index in [0.29, 0.717) is 12.1 Å². The SMILES string of the molecule is C=CCN(C)S(=O)(=O)c1cc(CNCC)cc(F)c1C. The predicted molar refractivity (Wildman–Crippen MR) is 78.5 cm³/mol. The Labute approximate surface area is 120 Å². The molecule has 0 spiro atoms. The van der Waals surface area contributed by atoms with Gasteiger partial charge in [0, 0.05) is 25.7 Å². The highest BCUT2D eigenvalue weighted by molar-refractivity contribution is 7.89. The lowest BCUT2D eigenvalue weighted by Gasteiger charge is -2.18. The summed E-state index contributed by atoms with van der Waals surface area (Å²) in [7, 11) is -2.26. The third-order valence-corrected chi connectivity index (χ3v) is 4.96. The van der Waals surface area contributed by atoms with Gasteiger partial charge < -0.3 is 5.32 Å². The number of rotatable bonds is 7. The van der Waals surface area contributed by atoms with Gasteiger partial charge in [0.05, 0.1) is 4.90 Å². The average Bonchev–Trinajstić information content (AvgIpc) is 2.39. The molecule has 0 radical (unpaired) electrons. The van der Waals surface area contributed by atoms with Crippen molar-refractivity contribution in [2.75, 3.05) is 20.1 Å². The number of likely N-dealkylation sites (N-methyl/N-ethyl adjacent to an activating group) is 1. The Kier molecular flexibility index (Phi) is 5.86. The van der Waals surface area contributed by atoms with Crippen LogP contribution in [0.2, 0.25) is 0 Å². The van der Waals surface area contributed by atoms with Gasteiger partial charge in [-0.3, -0.25) is 0 Å². The molecule has 0 bridgehead atoms. The van der Waals surface area contributed by atoms with Gasteiger partial charge in [0.2, 0.25) is 10.0 Å². The molecule has 0 aliphatic carbocycles. The van der Waals surface area contributed by atoms with Crippen LogP contribution in [0.25, 0.3) is 0 Å². The summed E-state index contributed by atoms with van der Waals surface area (Å²) in [5.74, 6) is -0.508. The fourth-order valence-corrected chi connectivity index (χ4v) is 3.22. The molecule has 0 saturated carbocycles. The minimum atomic E-state index is -3.71.